The number of anilines is 3. The molecule has 32 heavy (non-hydrogen) atoms. The van der Waals surface area contributed by atoms with Gasteiger partial charge in [-0.15, -0.1) is 0 Å². The zero-order chi connectivity index (χ0) is 21.8. The maximum Gasteiger partial charge on any atom is 0.274 e. The number of rotatable bonds is 5. The van der Waals surface area contributed by atoms with Gasteiger partial charge in [-0.25, -0.2) is 4.98 Å². The summed E-state index contributed by atoms with van der Waals surface area (Å²) in [4.78, 5) is 22.5. The van der Waals surface area contributed by atoms with E-state index >= 15 is 0 Å². The summed E-state index contributed by atoms with van der Waals surface area (Å²) in [6.07, 6.45) is 7.05. The normalized spacial score (nSPS) is 16.8. The smallest absolute Gasteiger partial charge is 0.274 e. The summed E-state index contributed by atoms with van der Waals surface area (Å²) in [6, 6.07) is 11.6. The summed E-state index contributed by atoms with van der Waals surface area (Å²) in [7, 11) is 0. The van der Waals surface area contributed by atoms with Gasteiger partial charge >= 0.3 is 0 Å². The number of nitrogens with zero attached hydrogens (tertiary/aromatic N) is 4. The second-order valence-corrected chi connectivity index (χ2v) is 8.17. The number of hydrogen-bond acceptors (Lipinski definition) is 6. The number of carbonyl (C=O) groups excluding carboxylic acids is 1. The van der Waals surface area contributed by atoms with Gasteiger partial charge in [-0.1, -0.05) is 12.1 Å². The number of nitrogens with one attached hydrogen (secondary N) is 2. The van der Waals surface area contributed by atoms with Crippen LogP contribution >= 0.6 is 0 Å². The fourth-order valence-electron chi connectivity index (χ4n) is 4.44. The van der Waals surface area contributed by atoms with Crippen LogP contribution in [-0.4, -0.2) is 60.5 Å². The molecule has 1 amide bonds. The number of H-pyrrole nitrogens is 1. The van der Waals surface area contributed by atoms with E-state index in [9.17, 15) is 4.79 Å². The Morgan fingerprint density at radius 1 is 0.969 bits per heavy atom. The molecular formula is C24H28N6O2. The van der Waals surface area contributed by atoms with Gasteiger partial charge in [-0.2, -0.15) is 5.10 Å². The van der Waals surface area contributed by atoms with Crippen LogP contribution in [-0.2, 0) is 4.74 Å². The van der Waals surface area contributed by atoms with Crippen LogP contribution in [0.25, 0.3) is 11.3 Å². The predicted octanol–water partition coefficient (Wildman–Crippen LogP) is 3.55. The van der Waals surface area contributed by atoms with Crippen LogP contribution in [0.15, 0.2) is 48.8 Å². The third-order valence-corrected chi connectivity index (χ3v) is 6.06. The summed E-state index contributed by atoms with van der Waals surface area (Å²) < 4.78 is 5.56. The van der Waals surface area contributed by atoms with Crippen LogP contribution in [0.4, 0.5) is 17.1 Å². The molecular weight excluding hydrogens is 404 g/mol. The molecule has 0 saturated carbocycles. The van der Waals surface area contributed by atoms with E-state index < -0.39 is 0 Å². The molecule has 2 aliphatic heterocycles. The molecule has 3 aromatic rings. The molecule has 2 aliphatic rings. The molecule has 0 atom stereocenters. The number of hydrogen-bond donors (Lipinski definition) is 2. The van der Waals surface area contributed by atoms with Crippen molar-refractivity contribution in [2.75, 3.05) is 54.5 Å². The number of ether oxygens (including phenoxy) is 1. The molecule has 0 spiro atoms. The van der Waals surface area contributed by atoms with Gasteiger partial charge in [0.15, 0.2) is 0 Å². The van der Waals surface area contributed by atoms with Crippen molar-refractivity contribution in [2.45, 2.75) is 19.3 Å². The first-order chi connectivity index (χ1) is 15.8. The number of benzene rings is 1. The molecule has 0 unspecified atom stereocenters. The first-order valence-corrected chi connectivity index (χ1v) is 11.3. The number of para-hydroxylation sites is 1. The highest BCUT2D eigenvalue weighted by Crippen LogP contribution is 2.38. The molecule has 8 heteroatoms. The Labute approximate surface area is 187 Å². The lowest BCUT2D eigenvalue weighted by molar-refractivity contribution is 0.102. The molecule has 0 aliphatic carbocycles. The minimum Gasteiger partial charge on any atom is -0.378 e. The van der Waals surface area contributed by atoms with Crippen LogP contribution in [0.1, 0.15) is 29.8 Å². The largest absolute Gasteiger partial charge is 0.378 e. The van der Waals surface area contributed by atoms with E-state index in [0.29, 0.717) is 11.4 Å². The van der Waals surface area contributed by atoms with E-state index in [1.54, 1.807) is 18.5 Å². The Kier molecular flexibility index (Phi) is 6.02. The lowest BCUT2D eigenvalue weighted by Gasteiger charge is -2.37. The van der Waals surface area contributed by atoms with Crippen molar-refractivity contribution in [2.24, 2.45) is 0 Å². The predicted molar refractivity (Wildman–Crippen MR) is 125 cm³/mol. The molecule has 4 heterocycles. The van der Waals surface area contributed by atoms with Gasteiger partial charge in [-0.05, 0) is 43.5 Å². The van der Waals surface area contributed by atoms with Crippen molar-refractivity contribution in [3.05, 3.63) is 54.5 Å². The molecule has 5 rings (SSSR count). The lowest BCUT2D eigenvalue weighted by Crippen LogP contribution is -2.38. The first-order valence-electron chi connectivity index (χ1n) is 11.3. The zero-order valence-corrected chi connectivity index (χ0v) is 18.1. The summed E-state index contributed by atoms with van der Waals surface area (Å²) in [5.41, 5.74) is 5.04. The van der Waals surface area contributed by atoms with E-state index in [4.69, 9.17) is 4.74 Å². The van der Waals surface area contributed by atoms with Gasteiger partial charge in [0.05, 0.1) is 42.2 Å². The number of amides is 1. The van der Waals surface area contributed by atoms with Gasteiger partial charge in [0.25, 0.3) is 5.91 Å². The third-order valence-electron chi connectivity index (χ3n) is 6.06. The van der Waals surface area contributed by atoms with Crippen molar-refractivity contribution in [1.82, 2.24) is 15.2 Å². The molecule has 166 valence electrons. The highest BCUT2D eigenvalue weighted by atomic mass is 16.5. The van der Waals surface area contributed by atoms with E-state index in [1.165, 1.54) is 19.3 Å². The van der Waals surface area contributed by atoms with Crippen molar-refractivity contribution in [3.63, 3.8) is 0 Å². The Hall–Kier alpha value is -3.39. The Morgan fingerprint density at radius 3 is 2.56 bits per heavy atom. The third kappa shape index (κ3) is 4.31. The van der Waals surface area contributed by atoms with Crippen molar-refractivity contribution >= 4 is 23.0 Å². The number of carbonyl (C=O) groups is 1. The van der Waals surface area contributed by atoms with Gasteiger partial charge < -0.3 is 19.9 Å². The van der Waals surface area contributed by atoms with E-state index in [1.807, 2.05) is 24.3 Å². The Bertz CT molecular complexity index is 1060. The minimum atomic E-state index is -0.215. The fourth-order valence-corrected chi connectivity index (χ4v) is 4.44. The van der Waals surface area contributed by atoms with Gasteiger partial charge in [0.1, 0.15) is 5.69 Å². The second kappa shape index (κ2) is 9.40. The quantitative estimate of drug-likeness (QED) is 0.641. The maximum atomic E-state index is 13.2. The maximum absolute atomic E-state index is 13.2. The van der Waals surface area contributed by atoms with Gasteiger partial charge in [0, 0.05) is 37.9 Å². The van der Waals surface area contributed by atoms with E-state index in [2.05, 4.69) is 36.4 Å². The van der Waals surface area contributed by atoms with E-state index in [0.717, 1.165) is 62.0 Å². The standard InChI is InChI=1S/C24H28N6O2/c31-24(21-8-4-6-19(27-21)18-16-25-26-17-18)28-20-7-5-9-22(29-12-14-32-15-13-29)23(20)30-10-2-1-3-11-30/h4-9,16-17H,1-3,10-15H2,(H,25,26)(H,28,31). The topological polar surface area (TPSA) is 86.4 Å². The summed E-state index contributed by atoms with van der Waals surface area (Å²) in [6.45, 7) is 5.15. The molecule has 2 saturated heterocycles. The van der Waals surface area contributed by atoms with Crippen LogP contribution in [0.3, 0.4) is 0 Å². The molecule has 0 bridgehead atoms. The number of aromatic amines is 1. The van der Waals surface area contributed by atoms with Crippen LogP contribution in [0, 0.1) is 0 Å². The Morgan fingerprint density at radius 2 is 1.78 bits per heavy atom. The molecule has 2 N–H and O–H groups in total. The fraction of sp³-hybridized carbons (Fsp3) is 0.375. The molecule has 8 nitrogen and oxygen atoms in total. The summed E-state index contributed by atoms with van der Waals surface area (Å²) in [5.74, 6) is -0.215. The zero-order valence-electron chi connectivity index (χ0n) is 18.1. The lowest BCUT2D eigenvalue weighted by atomic mass is 10.1. The van der Waals surface area contributed by atoms with Crippen LogP contribution < -0.4 is 15.1 Å². The minimum absolute atomic E-state index is 0.215. The Balaban J connectivity index is 1.46. The molecule has 2 aromatic heterocycles. The van der Waals surface area contributed by atoms with Crippen LogP contribution in [0.2, 0.25) is 0 Å². The molecule has 1 aromatic carbocycles. The summed E-state index contributed by atoms with van der Waals surface area (Å²) >= 11 is 0. The SMILES string of the molecule is O=C(Nc1cccc(N2CCOCC2)c1N1CCCCC1)c1cccc(-c2cn[nH]c2)n1. The average molecular weight is 433 g/mol. The molecule has 0 radical (unpaired) electrons. The van der Waals surface area contributed by atoms with Gasteiger partial charge in [0.2, 0.25) is 0 Å². The number of morpholine rings is 1. The van der Waals surface area contributed by atoms with Crippen molar-refractivity contribution in [1.29, 1.82) is 0 Å². The molecule has 2 fully saturated rings. The van der Waals surface area contributed by atoms with Gasteiger partial charge in [-0.3, -0.25) is 9.89 Å². The second-order valence-electron chi connectivity index (χ2n) is 8.17. The van der Waals surface area contributed by atoms with Crippen molar-refractivity contribution < 1.29 is 9.53 Å². The highest BCUT2D eigenvalue weighted by Gasteiger charge is 2.24. The summed E-state index contributed by atoms with van der Waals surface area (Å²) in [5, 5.41) is 9.91. The van der Waals surface area contributed by atoms with Crippen LogP contribution in [0.5, 0.6) is 0 Å². The highest BCUT2D eigenvalue weighted by molar-refractivity contribution is 6.06. The first kappa shape index (κ1) is 20.5. The number of piperidine rings is 1. The number of aromatic nitrogens is 3. The average Bonchev–Trinajstić information content (AvgIpc) is 3.40. The van der Waals surface area contributed by atoms with E-state index in [-0.39, 0.29) is 5.91 Å². The van der Waals surface area contributed by atoms with Crippen molar-refractivity contribution in [3.8, 4) is 11.3 Å². The monoisotopic (exact) mass is 432 g/mol. The number of pyridine rings is 1.